The Balaban J connectivity index is 2.01. The third-order valence-corrected chi connectivity index (χ3v) is 3.55. The molecule has 0 fully saturated rings. The second kappa shape index (κ2) is 6.97. The molecule has 2 aromatic rings. The van der Waals surface area contributed by atoms with Crippen molar-refractivity contribution in [1.82, 2.24) is 9.97 Å². The van der Waals surface area contributed by atoms with Gasteiger partial charge in [-0.1, -0.05) is 6.07 Å². The number of aromatic nitrogens is 2. The molecular formula is C13H15N3O3S. The van der Waals surface area contributed by atoms with Crippen LogP contribution in [0.25, 0.3) is 0 Å². The van der Waals surface area contributed by atoms with Gasteiger partial charge in [0.25, 0.3) is 0 Å². The number of carboxylic acids is 1. The number of nitrogens with one attached hydrogen (secondary N) is 1. The van der Waals surface area contributed by atoms with E-state index in [4.69, 9.17) is 9.84 Å². The third kappa shape index (κ3) is 3.75. The fraction of sp³-hybridized carbons (Fsp3) is 0.308. The SMILES string of the molecule is COCc1nc(NCCc2cccs2)ncc1C(=O)O. The number of carboxylic acid groups (broad SMARTS) is 1. The molecular weight excluding hydrogens is 278 g/mol. The van der Waals surface area contributed by atoms with E-state index in [-0.39, 0.29) is 12.2 Å². The van der Waals surface area contributed by atoms with Gasteiger partial charge in [0.2, 0.25) is 5.95 Å². The van der Waals surface area contributed by atoms with Crippen molar-refractivity contribution < 1.29 is 14.6 Å². The second-order valence-corrected chi connectivity index (χ2v) is 5.08. The van der Waals surface area contributed by atoms with Gasteiger partial charge in [-0.2, -0.15) is 0 Å². The maximum Gasteiger partial charge on any atom is 0.339 e. The van der Waals surface area contributed by atoms with E-state index in [9.17, 15) is 4.79 Å². The molecule has 0 bridgehead atoms. The molecule has 2 heterocycles. The molecule has 0 amide bonds. The molecule has 0 aromatic carbocycles. The monoisotopic (exact) mass is 293 g/mol. The minimum Gasteiger partial charge on any atom is -0.478 e. The summed E-state index contributed by atoms with van der Waals surface area (Å²) in [5.74, 6) is -0.638. The van der Waals surface area contributed by atoms with Crippen LogP contribution in [0.1, 0.15) is 20.9 Å². The molecule has 7 heteroatoms. The zero-order chi connectivity index (χ0) is 14.4. The first kappa shape index (κ1) is 14.4. The van der Waals surface area contributed by atoms with Crippen LogP contribution in [-0.2, 0) is 17.8 Å². The molecule has 20 heavy (non-hydrogen) atoms. The number of aromatic carboxylic acids is 1. The van der Waals surface area contributed by atoms with Gasteiger partial charge in [-0.3, -0.25) is 0 Å². The lowest BCUT2D eigenvalue weighted by molar-refractivity contribution is 0.0690. The zero-order valence-corrected chi connectivity index (χ0v) is 11.8. The lowest BCUT2D eigenvalue weighted by atomic mass is 10.2. The molecule has 2 aromatic heterocycles. The van der Waals surface area contributed by atoms with Crippen LogP contribution >= 0.6 is 11.3 Å². The van der Waals surface area contributed by atoms with E-state index < -0.39 is 5.97 Å². The first-order chi connectivity index (χ1) is 9.70. The van der Waals surface area contributed by atoms with Crippen LogP contribution in [0.3, 0.4) is 0 Å². The van der Waals surface area contributed by atoms with E-state index in [1.807, 2.05) is 11.4 Å². The molecule has 0 radical (unpaired) electrons. The minimum absolute atomic E-state index is 0.0654. The van der Waals surface area contributed by atoms with Crippen molar-refractivity contribution in [3.63, 3.8) is 0 Å². The molecule has 6 nitrogen and oxygen atoms in total. The minimum atomic E-state index is -1.05. The number of rotatable bonds is 7. The Kier molecular flexibility index (Phi) is 5.03. The first-order valence-electron chi connectivity index (χ1n) is 6.05. The van der Waals surface area contributed by atoms with Crippen molar-refractivity contribution in [2.75, 3.05) is 19.0 Å². The van der Waals surface area contributed by atoms with E-state index in [0.717, 1.165) is 6.42 Å². The Hall–Kier alpha value is -1.99. The van der Waals surface area contributed by atoms with Gasteiger partial charge < -0.3 is 15.2 Å². The predicted molar refractivity (Wildman–Crippen MR) is 76.2 cm³/mol. The van der Waals surface area contributed by atoms with Gasteiger partial charge in [-0.05, 0) is 17.9 Å². The highest BCUT2D eigenvalue weighted by molar-refractivity contribution is 7.09. The molecule has 0 aliphatic heterocycles. The van der Waals surface area contributed by atoms with E-state index in [2.05, 4.69) is 21.4 Å². The topological polar surface area (TPSA) is 84.3 Å². The van der Waals surface area contributed by atoms with E-state index >= 15 is 0 Å². The molecule has 0 atom stereocenters. The van der Waals surface area contributed by atoms with Gasteiger partial charge in [-0.15, -0.1) is 11.3 Å². The van der Waals surface area contributed by atoms with Crippen LogP contribution in [0.2, 0.25) is 0 Å². The van der Waals surface area contributed by atoms with Crippen LogP contribution in [0.15, 0.2) is 23.7 Å². The van der Waals surface area contributed by atoms with Crippen molar-refractivity contribution in [2.45, 2.75) is 13.0 Å². The van der Waals surface area contributed by atoms with Crippen molar-refractivity contribution in [3.05, 3.63) is 39.8 Å². The Labute approximate surface area is 120 Å². The lowest BCUT2D eigenvalue weighted by Gasteiger charge is -2.08. The number of ether oxygens (including phenoxy) is 1. The molecule has 0 saturated carbocycles. The molecule has 0 saturated heterocycles. The van der Waals surface area contributed by atoms with Gasteiger partial charge >= 0.3 is 5.97 Å². The summed E-state index contributed by atoms with van der Waals surface area (Å²) in [6.45, 7) is 0.836. The third-order valence-electron chi connectivity index (χ3n) is 2.61. The number of anilines is 1. The Bertz CT molecular complexity index is 572. The van der Waals surface area contributed by atoms with Gasteiger partial charge in [0.1, 0.15) is 5.56 Å². The van der Waals surface area contributed by atoms with Gasteiger partial charge in [0, 0.05) is 24.7 Å². The zero-order valence-electron chi connectivity index (χ0n) is 11.0. The Morgan fingerprint density at radius 1 is 1.55 bits per heavy atom. The van der Waals surface area contributed by atoms with Crippen LogP contribution in [0.4, 0.5) is 5.95 Å². The van der Waals surface area contributed by atoms with Gasteiger partial charge in [-0.25, -0.2) is 14.8 Å². The summed E-state index contributed by atoms with van der Waals surface area (Å²) in [7, 11) is 1.50. The molecule has 0 unspecified atom stereocenters. The standard InChI is InChI=1S/C13H15N3O3S/c1-19-8-11-10(12(17)18)7-15-13(16-11)14-5-4-9-3-2-6-20-9/h2-3,6-7H,4-5,8H2,1H3,(H,17,18)(H,14,15,16). The summed E-state index contributed by atoms with van der Waals surface area (Å²) in [5, 5.41) is 14.1. The van der Waals surface area contributed by atoms with Crippen molar-refractivity contribution in [3.8, 4) is 0 Å². The summed E-state index contributed by atoms with van der Waals surface area (Å²) < 4.78 is 4.96. The number of nitrogens with zero attached hydrogens (tertiary/aromatic N) is 2. The average Bonchev–Trinajstić information content (AvgIpc) is 2.92. The van der Waals surface area contributed by atoms with Crippen molar-refractivity contribution in [1.29, 1.82) is 0 Å². The maximum atomic E-state index is 11.0. The molecule has 2 rings (SSSR count). The predicted octanol–water partition coefficient (Wildman–Crippen LogP) is 2.04. The van der Waals surface area contributed by atoms with E-state index in [0.29, 0.717) is 18.2 Å². The highest BCUT2D eigenvalue weighted by atomic mass is 32.1. The summed E-state index contributed by atoms with van der Waals surface area (Å²) in [5.41, 5.74) is 0.435. The van der Waals surface area contributed by atoms with E-state index in [1.165, 1.54) is 18.2 Å². The smallest absolute Gasteiger partial charge is 0.339 e. The fourth-order valence-corrected chi connectivity index (χ4v) is 2.39. The average molecular weight is 293 g/mol. The van der Waals surface area contributed by atoms with Crippen LogP contribution in [-0.4, -0.2) is 34.7 Å². The molecule has 0 aliphatic rings. The largest absolute Gasteiger partial charge is 0.478 e. The molecule has 0 aliphatic carbocycles. The molecule has 2 N–H and O–H groups in total. The number of thiophene rings is 1. The summed E-state index contributed by atoms with van der Waals surface area (Å²) in [4.78, 5) is 20.5. The highest BCUT2D eigenvalue weighted by Gasteiger charge is 2.13. The summed E-state index contributed by atoms with van der Waals surface area (Å²) in [6.07, 6.45) is 2.18. The Morgan fingerprint density at radius 2 is 2.40 bits per heavy atom. The maximum absolute atomic E-state index is 11.0. The van der Waals surface area contributed by atoms with Crippen molar-refractivity contribution in [2.24, 2.45) is 0 Å². The van der Waals surface area contributed by atoms with Crippen molar-refractivity contribution >= 4 is 23.3 Å². The summed E-state index contributed by atoms with van der Waals surface area (Å²) in [6, 6.07) is 4.08. The number of hydrogen-bond donors (Lipinski definition) is 2. The normalized spacial score (nSPS) is 10.4. The van der Waals surface area contributed by atoms with Crippen LogP contribution in [0.5, 0.6) is 0 Å². The molecule has 0 spiro atoms. The number of hydrogen-bond acceptors (Lipinski definition) is 6. The highest BCUT2D eigenvalue weighted by Crippen LogP contribution is 2.11. The fourth-order valence-electron chi connectivity index (χ4n) is 1.68. The van der Waals surface area contributed by atoms with Crippen LogP contribution < -0.4 is 5.32 Å². The van der Waals surface area contributed by atoms with Crippen LogP contribution in [0, 0.1) is 0 Å². The van der Waals surface area contributed by atoms with Gasteiger partial charge in [0.15, 0.2) is 0 Å². The first-order valence-corrected chi connectivity index (χ1v) is 6.93. The summed E-state index contributed by atoms with van der Waals surface area (Å²) >= 11 is 1.70. The number of carbonyl (C=O) groups is 1. The Morgan fingerprint density at radius 3 is 3.05 bits per heavy atom. The lowest BCUT2D eigenvalue weighted by Crippen LogP contribution is -2.12. The van der Waals surface area contributed by atoms with Gasteiger partial charge in [0.05, 0.1) is 12.3 Å². The molecule has 106 valence electrons. The number of methoxy groups -OCH3 is 1. The quantitative estimate of drug-likeness (QED) is 0.812. The van der Waals surface area contributed by atoms with E-state index in [1.54, 1.807) is 11.3 Å². The second-order valence-electron chi connectivity index (χ2n) is 4.05.